The van der Waals surface area contributed by atoms with Crippen LogP contribution in [0.3, 0.4) is 0 Å². The molecule has 0 bridgehead atoms. The maximum absolute atomic E-state index is 12.4. The van der Waals surface area contributed by atoms with Crippen LogP contribution in [0.5, 0.6) is 0 Å². The number of rotatable bonds is 5. The summed E-state index contributed by atoms with van der Waals surface area (Å²) >= 11 is 0. The van der Waals surface area contributed by atoms with Gasteiger partial charge in [-0.1, -0.05) is 19.8 Å². The lowest BCUT2D eigenvalue weighted by Gasteiger charge is -2.09. The molecule has 0 N–H and O–H groups in total. The maximum atomic E-state index is 12.4. The first-order valence-corrected chi connectivity index (χ1v) is 5.51. The smallest absolute Gasteiger partial charge is 0.298 e. The van der Waals surface area contributed by atoms with Crippen molar-refractivity contribution in [2.24, 2.45) is 0 Å². The Kier molecular flexibility index (Phi) is 4.66. The van der Waals surface area contributed by atoms with Crippen molar-refractivity contribution in [2.45, 2.75) is 38.8 Å². The minimum Gasteiger partial charge on any atom is -0.298 e. The number of aromatic nitrogens is 1. The van der Waals surface area contributed by atoms with Gasteiger partial charge in [0.25, 0.3) is 0 Å². The number of pyridine rings is 1. The van der Waals surface area contributed by atoms with Crippen molar-refractivity contribution < 1.29 is 18.0 Å². The van der Waals surface area contributed by atoms with E-state index < -0.39 is 11.9 Å². The molecule has 0 fully saturated rings. The molecule has 2 nitrogen and oxygen atoms in total. The molecule has 0 aromatic carbocycles. The Morgan fingerprint density at radius 2 is 2.00 bits per heavy atom. The van der Waals surface area contributed by atoms with Crippen molar-refractivity contribution in [3.63, 3.8) is 0 Å². The van der Waals surface area contributed by atoms with Crippen LogP contribution in [-0.4, -0.2) is 11.3 Å². The second-order valence-corrected chi connectivity index (χ2v) is 3.81. The van der Waals surface area contributed by atoms with Gasteiger partial charge in [0.15, 0.2) is 6.29 Å². The number of carbonyl (C=O) groups excluding carboxylic acids is 1. The van der Waals surface area contributed by atoms with Crippen molar-refractivity contribution in [3.05, 3.63) is 29.1 Å². The van der Waals surface area contributed by atoms with Crippen molar-refractivity contribution in [1.82, 2.24) is 4.98 Å². The summed E-state index contributed by atoms with van der Waals surface area (Å²) in [6.07, 6.45) is -0.877. The van der Waals surface area contributed by atoms with Crippen LogP contribution in [0.25, 0.3) is 0 Å². The molecule has 0 aliphatic rings. The minimum absolute atomic E-state index is 0.239. The van der Waals surface area contributed by atoms with Gasteiger partial charge < -0.3 is 0 Å². The van der Waals surface area contributed by atoms with E-state index in [2.05, 4.69) is 4.98 Å². The largest absolute Gasteiger partial charge is 0.433 e. The lowest BCUT2D eigenvalue weighted by atomic mass is 10.1. The van der Waals surface area contributed by atoms with Gasteiger partial charge in [-0.25, -0.2) is 4.98 Å². The third-order valence-electron chi connectivity index (χ3n) is 2.44. The first-order valence-electron chi connectivity index (χ1n) is 5.51. The summed E-state index contributed by atoms with van der Waals surface area (Å²) in [4.78, 5) is 14.2. The second kappa shape index (κ2) is 5.80. The Hall–Kier alpha value is -1.39. The summed E-state index contributed by atoms with van der Waals surface area (Å²) in [5, 5.41) is 0. The predicted molar refractivity (Wildman–Crippen MR) is 57.9 cm³/mol. The van der Waals surface area contributed by atoms with Crippen LogP contribution in [0.15, 0.2) is 12.1 Å². The number of carbonyl (C=O) groups is 1. The van der Waals surface area contributed by atoms with Crippen molar-refractivity contribution in [3.8, 4) is 0 Å². The highest BCUT2D eigenvalue weighted by atomic mass is 19.4. The molecule has 5 heteroatoms. The van der Waals surface area contributed by atoms with Gasteiger partial charge in [-0.3, -0.25) is 4.79 Å². The van der Waals surface area contributed by atoms with Gasteiger partial charge in [0.05, 0.1) is 5.69 Å². The monoisotopic (exact) mass is 245 g/mol. The van der Waals surface area contributed by atoms with Crippen molar-refractivity contribution in [2.75, 3.05) is 0 Å². The Labute approximate surface area is 97.9 Å². The van der Waals surface area contributed by atoms with E-state index in [1.807, 2.05) is 6.92 Å². The number of hydrogen-bond acceptors (Lipinski definition) is 2. The highest BCUT2D eigenvalue weighted by Gasteiger charge is 2.32. The first kappa shape index (κ1) is 13.7. The van der Waals surface area contributed by atoms with Crippen LogP contribution >= 0.6 is 0 Å². The van der Waals surface area contributed by atoms with Crippen LogP contribution in [-0.2, 0) is 12.6 Å². The van der Waals surface area contributed by atoms with E-state index in [4.69, 9.17) is 0 Å². The summed E-state index contributed by atoms with van der Waals surface area (Å²) in [5.74, 6) is 0. The summed E-state index contributed by atoms with van der Waals surface area (Å²) in [7, 11) is 0. The molecular weight excluding hydrogens is 231 g/mol. The molecule has 0 saturated heterocycles. The fourth-order valence-corrected chi connectivity index (χ4v) is 1.52. The number of aldehydes is 1. The molecule has 1 aromatic heterocycles. The van der Waals surface area contributed by atoms with E-state index >= 15 is 0 Å². The van der Waals surface area contributed by atoms with E-state index in [1.165, 1.54) is 6.07 Å². The zero-order chi connectivity index (χ0) is 12.9. The third-order valence-corrected chi connectivity index (χ3v) is 2.44. The van der Waals surface area contributed by atoms with Gasteiger partial charge in [0, 0.05) is 5.56 Å². The first-order chi connectivity index (χ1) is 7.99. The SMILES string of the molecule is CCCCCc1nc(C(F)(F)F)ccc1C=O. The van der Waals surface area contributed by atoms with Gasteiger partial charge in [-0.2, -0.15) is 13.2 Å². The molecule has 1 rings (SSSR count). The van der Waals surface area contributed by atoms with Crippen LogP contribution in [0.1, 0.15) is 47.9 Å². The highest BCUT2D eigenvalue weighted by molar-refractivity contribution is 5.76. The molecule has 17 heavy (non-hydrogen) atoms. The molecule has 1 aromatic rings. The molecule has 0 radical (unpaired) electrons. The van der Waals surface area contributed by atoms with E-state index in [9.17, 15) is 18.0 Å². The molecular formula is C12H14F3NO. The standard InChI is InChI=1S/C12H14F3NO/c1-2-3-4-5-10-9(8-17)6-7-11(16-10)12(13,14)15/h6-8H,2-5H2,1H3. The van der Waals surface area contributed by atoms with E-state index in [0.29, 0.717) is 12.7 Å². The zero-order valence-electron chi connectivity index (χ0n) is 9.55. The van der Waals surface area contributed by atoms with Gasteiger partial charge in [0.1, 0.15) is 5.69 Å². The van der Waals surface area contributed by atoms with Gasteiger partial charge >= 0.3 is 6.18 Å². The number of hydrogen-bond donors (Lipinski definition) is 0. The van der Waals surface area contributed by atoms with Crippen LogP contribution in [0.2, 0.25) is 0 Å². The lowest BCUT2D eigenvalue weighted by Crippen LogP contribution is -2.11. The molecule has 0 atom stereocenters. The third kappa shape index (κ3) is 3.84. The Morgan fingerprint density at radius 1 is 1.29 bits per heavy atom. The molecule has 1 heterocycles. The van der Waals surface area contributed by atoms with Crippen molar-refractivity contribution >= 4 is 6.29 Å². The number of unbranched alkanes of at least 4 members (excludes halogenated alkanes) is 2. The highest BCUT2D eigenvalue weighted by Crippen LogP contribution is 2.28. The van der Waals surface area contributed by atoms with Gasteiger partial charge in [-0.15, -0.1) is 0 Å². The summed E-state index contributed by atoms with van der Waals surface area (Å²) in [6.45, 7) is 2.00. The quantitative estimate of drug-likeness (QED) is 0.585. The van der Waals surface area contributed by atoms with E-state index in [0.717, 1.165) is 25.3 Å². The molecule has 0 spiro atoms. The Bertz CT molecular complexity index is 388. The number of aryl methyl sites for hydroxylation is 1. The fraction of sp³-hybridized carbons (Fsp3) is 0.500. The summed E-state index contributed by atoms with van der Waals surface area (Å²) in [5.41, 5.74) is -0.452. The fourth-order valence-electron chi connectivity index (χ4n) is 1.52. The number of nitrogens with zero attached hydrogens (tertiary/aromatic N) is 1. The second-order valence-electron chi connectivity index (χ2n) is 3.81. The Balaban J connectivity index is 2.94. The molecule has 94 valence electrons. The predicted octanol–water partition coefficient (Wildman–Crippen LogP) is 3.65. The van der Waals surface area contributed by atoms with E-state index in [-0.39, 0.29) is 11.3 Å². The molecule has 0 aliphatic carbocycles. The number of halogens is 3. The van der Waals surface area contributed by atoms with Crippen LogP contribution < -0.4 is 0 Å². The molecule has 0 aliphatic heterocycles. The lowest BCUT2D eigenvalue weighted by molar-refractivity contribution is -0.141. The Morgan fingerprint density at radius 3 is 2.53 bits per heavy atom. The van der Waals surface area contributed by atoms with E-state index in [1.54, 1.807) is 0 Å². The molecule has 0 amide bonds. The molecule has 0 saturated carbocycles. The topological polar surface area (TPSA) is 30.0 Å². The maximum Gasteiger partial charge on any atom is 0.433 e. The van der Waals surface area contributed by atoms with Crippen LogP contribution in [0, 0.1) is 0 Å². The van der Waals surface area contributed by atoms with Crippen LogP contribution in [0.4, 0.5) is 13.2 Å². The zero-order valence-corrected chi connectivity index (χ0v) is 9.55. The normalized spacial score (nSPS) is 11.5. The summed E-state index contributed by atoms with van der Waals surface area (Å²) in [6, 6.07) is 2.02. The average Bonchev–Trinajstić information content (AvgIpc) is 2.28. The van der Waals surface area contributed by atoms with Gasteiger partial charge in [0.2, 0.25) is 0 Å². The van der Waals surface area contributed by atoms with Crippen molar-refractivity contribution in [1.29, 1.82) is 0 Å². The minimum atomic E-state index is -4.46. The average molecular weight is 245 g/mol. The summed E-state index contributed by atoms with van der Waals surface area (Å²) < 4.78 is 37.3. The molecule has 0 unspecified atom stereocenters. The number of alkyl halides is 3. The van der Waals surface area contributed by atoms with Gasteiger partial charge in [-0.05, 0) is 25.0 Å².